The van der Waals surface area contributed by atoms with Crippen molar-refractivity contribution in [3.8, 4) is 6.07 Å². The minimum Gasteiger partial charge on any atom is -0.298 e. The monoisotopic (exact) mass is 323 g/mol. The fourth-order valence-corrected chi connectivity index (χ4v) is 2.91. The number of nitro benzene ring substituents is 1. The van der Waals surface area contributed by atoms with Gasteiger partial charge in [0.15, 0.2) is 0 Å². The third kappa shape index (κ3) is 3.31. The van der Waals surface area contributed by atoms with E-state index in [1.807, 2.05) is 6.07 Å². The summed E-state index contributed by atoms with van der Waals surface area (Å²) in [7, 11) is 0. The van der Waals surface area contributed by atoms with Gasteiger partial charge in [0.1, 0.15) is 0 Å². The lowest BCUT2D eigenvalue weighted by atomic mass is 9.99. The molecule has 1 saturated heterocycles. The molecule has 1 aromatic rings. The smallest absolute Gasteiger partial charge is 0.283 e. The topological polar surface area (TPSA) is 70.2 Å². The molecule has 1 aliphatic heterocycles. The van der Waals surface area contributed by atoms with Crippen LogP contribution in [0.2, 0.25) is 0 Å². The summed E-state index contributed by atoms with van der Waals surface area (Å²) in [6, 6.07) is 7.37. The van der Waals surface area contributed by atoms with Crippen molar-refractivity contribution < 1.29 is 4.92 Å². The van der Waals surface area contributed by atoms with Crippen LogP contribution < -0.4 is 0 Å². The normalized spacial score (nSPS) is 19.9. The Kier molecular flexibility index (Phi) is 4.51. The van der Waals surface area contributed by atoms with Crippen LogP contribution in [0.15, 0.2) is 22.7 Å². The number of piperidine rings is 1. The summed E-state index contributed by atoms with van der Waals surface area (Å²) in [6.45, 7) is 2.32. The van der Waals surface area contributed by atoms with Gasteiger partial charge in [0.05, 0.1) is 21.4 Å². The summed E-state index contributed by atoms with van der Waals surface area (Å²) in [6.07, 6.45) is 1.95. The minimum absolute atomic E-state index is 0.0752. The maximum absolute atomic E-state index is 10.9. The Bertz CT molecular complexity index is 527. The number of halogens is 1. The summed E-state index contributed by atoms with van der Waals surface area (Å²) >= 11 is 3.31. The third-order valence-corrected chi connectivity index (χ3v) is 4.25. The quantitative estimate of drug-likeness (QED) is 0.633. The Balaban J connectivity index is 2.13. The molecule has 1 heterocycles. The van der Waals surface area contributed by atoms with Gasteiger partial charge in [0.25, 0.3) is 5.69 Å². The third-order valence-electron chi connectivity index (χ3n) is 3.34. The van der Waals surface area contributed by atoms with Crippen LogP contribution >= 0.6 is 15.9 Å². The van der Waals surface area contributed by atoms with E-state index >= 15 is 0 Å². The van der Waals surface area contributed by atoms with Crippen LogP contribution in [-0.2, 0) is 6.54 Å². The average Bonchev–Trinajstić information content (AvgIpc) is 2.41. The van der Waals surface area contributed by atoms with Crippen molar-refractivity contribution >= 4 is 21.6 Å². The van der Waals surface area contributed by atoms with E-state index in [2.05, 4.69) is 26.9 Å². The fraction of sp³-hybridized carbons (Fsp3) is 0.462. The van der Waals surface area contributed by atoms with Crippen molar-refractivity contribution in [3.05, 3.63) is 38.3 Å². The molecule has 6 heteroatoms. The average molecular weight is 324 g/mol. The number of likely N-dealkylation sites (tertiary alicyclic amines) is 1. The van der Waals surface area contributed by atoms with Crippen LogP contribution in [0.1, 0.15) is 18.4 Å². The van der Waals surface area contributed by atoms with Gasteiger partial charge in [-0.3, -0.25) is 15.0 Å². The van der Waals surface area contributed by atoms with Gasteiger partial charge in [0.2, 0.25) is 0 Å². The standard InChI is InChI=1S/C13H14BrN3O2/c14-13-11(4-1-5-12(13)17(18)19)9-16-6-2-3-10(7-15)8-16/h1,4-5,10H,2-3,6,8-9H2. The molecule has 19 heavy (non-hydrogen) atoms. The first-order chi connectivity index (χ1) is 9.11. The predicted molar refractivity (Wildman–Crippen MR) is 74.4 cm³/mol. The van der Waals surface area contributed by atoms with E-state index in [1.54, 1.807) is 6.07 Å². The van der Waals surface area contributed by atoms with Crippen molar-refractivity contribution in [1.29, 1.82) is 5.26 Å². The number of nitriles is 1. The Morgan fingerprint density at radius 3 is 3.05 bits per heavy atom. The molecule has 0 saturated carbocycles. The second kappa shape index (κ2) is 6.13. The lowest BCUT2D eigenvalue weighted by Gasteiger charge is -2.29. The van der Waals surface area contributed by atoms with Crippen LogP contribution in [0.25, 0.3) is 0 Å². The zero-order chi connectivity index (χ0) is 13.8. The second-order valence-corrected chi connectivity index (χ2v) is 5.50. The van der Waals surface area contributed by atoms with Gasteiger partial charge in [-0.25, -0.2) is 0 Å². The van der Waals surface area contributed by atoms with Crippen molar-refractivity contribution in [1.82, 2.24) is 4.90 Å². The predicted octanol–water partition coefficient (Wildman–Crippen LogP) is 3.09. The Hall–Kier alpha value is -1.45. The summed E-state index contributed by atoms with van der Waals surface area (Å²) in [5.74, 6) is 0.0752. The maximum atomic E-state index is 10.9. The van der Waals surface area contributed by atoms with E-state index in [1.165, 1.54) is 6.07 Å². The van der Waals surface area contributed by atoms with E-state index in [4.69, 9.17) is 5.26 Å². The molecular weight excluding hydrogens is 310 g/mol. The number of nitrogens with zero attached hydrogens (tertiary/aromatic N) is 3. The molecule has 1 aromatic carbocycles. The number of hydrogen-bond acceptors (Lipinski definition) is 4. The zero-order valence-corrected chi connectivity index (χ0v) is 12.0. The van der Waals surface area contributed by atoms with Crippen LogP contribution in [0.3, 0.4) is 0 Å². The molecule has 1 atom stereocenters. The number of nitro groups is 1. The Morgan fingerprint density at radius 2 is 2.37 bits per heavy atom. The van der Waals surface area contributed by atoms with Gasteiger partial charge in [-0.05, 0) is 40.9 Å². The van der Waals surface area contributed by atoms with Gasteiger partial charge < -0.3 is 0 Å². The highest BCUT2D eigenvalue weighted by Gasteiger charge is 2.22. The minimum atomic E-state index is -0.387. The van der Waals surface area contributed by atoms with E-state index in [-0.39, 0.29) is 16.5 Å². The van der Waals surface area contributed by atoms with Crippen molar-refractivity contribution in [3.63, 3.8) is 0 Å². The summed E-state index contributed by atoms with van der Waals surface area (Å²) < 4.78 is 0.541. The van der Waals surface area contributed by atoms with E-state index in [9.17, 15) is 10.1 Å². The molecule has 0 N–H and O–H groups in total. The van der Waals surface area contributed by atoms with Gasteiger partial charge in [-0.1, -0.05) is 12.1 Å². The highest BCUT2D eigenvalue weighted by atomic mass is 79.9. The van der Waals surface area contributed by atoms with Crippen molar-refractivity contribution in [2.45, 2.75) is 19.4 Å². The fourth-order valence-electron chi connectivity index (χ4n) is 2.37. The van der Waals surface area contributed by atoms with Gasteiger partial charge >= 0.3 is 0 Å². The highest BCUT2D eigenvalue weighted by Crippen LogP contribution is 2.30. The number of hydrogen-bond donors (Lipinski definition) is 0. The van der Waals surface area contributed by atoms with E-state index in [0.29, 0.717) is 11.0 Å². The first-order valence-corrected chi connectivity index (χ1v) is 6.95. The lowest BCUT2D eigenvalue weighted by molar-refractivity contribution is -0.385. The molecule has 0 bridgehead atoms. The van der Waals surface area contributed by atoms with Crippen LogP contribution in [0.5, 0.6) is 0 Å². The lowest BCUT2D eigenvalue weighted by Crippen LogP contribution is -2.34. The second-order valence-electron chi connectivity index (χ2n) is 4.71. The molecule has 1 unspecified atom stereocenters. The maximum Gasteiger partial charge on any atom is 0.283 e. The highest BCUT2D eigenvalue weighted by molar-refractivity contribution is 9.10. The molecule has 2 rings (SSSR count). The van der Waals surface area contributed by atoms with Crippen molar-refractivity contribution in [2.75, 3.05) is 13.1 Å². The van der Waals surface area contributed by atoms with E-state index < -0.39 is 0 Å². The molecule has 0 radical (unpaired) electrons. The molecule has 0 aromatic heterocycles. The van der Waals surface area contributed by atoms with Gasteiger partial charge in [-0.2, -0.15) is 5.26 Å². The van der Waals surface area contributed by atoms with Crippen LogP contribution in [-0.4, -0.2) is 22.9 Å². The van der Waals surface area contributed by atoms with E-state index in [0.717, 1.165) is 31.5 Å². The zero-order valence-electron chi connectivity index (χ0n) is 10.4. The molecular formula is C13H14BrN3O2. The number of benzene rings is 1. The summed E-state index contributed by atoms with van der Waals surface area (Å²) in [4.78, 5) is 12.7. The molecule has 100 valence electrons. The van der Waals surface area contributed by atoms with Gasteiger partial charge in [0, 0.05) is 19.2 Å². The van der Waals surface area contributed by atoms with Crippen LogP contribution in [0.4, 0.5) is 5.69 Å². The summed E-state index contributed by atoms with van der Waals surface area (Å²) in [5, 5.41) is 19.9. The molecule has 0 amide bonds. The molecule has 1 aliphatic rings. The summed E-state index contributed by atoms with van der Waals surface area (Å²) in [5.41, 5.74) is 0.985. The molecule has 1 fully saturated rings. The van der Waals surface area contributed by atoms with Crippen molar-refractivity contribution in [2.24, 2.45) is 5.92 Å². The molecule has 0 spiro atoms. The first kappa shape index (κ1) is 14.0. The molecule has 5 nitrogen and oxygen atoms in total. The Morgan fingerprint density at radius 1 is 1.58 bits per heavy atom. The SMILES string of the molecule is N#CC1CCCN(Cc2cccc([N+](=O)[O-])c2Br)C1. The largest absolute Gasteiger partial charge is 0.298 e. The molecule has 0 aliphatic carbocycles. The Labute approximate surface area is 120 Å². The first-order valence-electron chi connectivity index (χ1n) is 6.15. The van der Waals surface area contributed by atoms with Crippen LogP contribution in [0, 0.1) is 27.4 Å². The number of rotatable bonds is 3. The van der Waals surface area contributed by atoms with Gasteiger partial charge in [-0.15, -0.1) is 0 Å².